The summed E-state index contributed by atoms with van der Waals surface area (Å²) in [5.74, 6) is 0. The maximum absolute atomic E-state index is 6.15. The van der Waals surface area contributed by atoms with Gasteiger partial charge in [-0.25, -0.2) is 0 Å². The molecule has 0 saturated heterocycles. The highest BCUT2D eigenvalue weighted by molar-refractivity contribution is 7.25. The molecule has 26 aromatic rings. The van der Waals surface area contributed by atoms with Crippen LogP contribution in [-0.4, -0.2) is 22.8 Å². The summed E-state index contributed by atoms with van der Waals surface area (Å²) >= 11 is 1.89. The molecule has 125 heavy (non-hydrogen) atoms. The van der Waals surface area contributed by atoms with Crippen LogP contribution in [0.4, 0.5) is 0 Å². The van der Waals surface area contributed by atoms with Gasteiger partial charge in [-0.05, 0) is 232 Å². The summed E-state index contributed by atoms with van der Waals surface area (Å²) in [6.07, 6.45) is 0. The Morgan fingerprint density at radius 3 is 1.28 bits per heavy atom. The summed E-state index contributed by atoms with van der Waals surface area (Å²) in [6.45, 7) is 11.2. The van der Waals surface area contributed by atoms with Gasteiger partial charge in [0.15, 0.2) is 0 Å². The molecule has 0 fully saturated rings. The number of hydrogen-bond acceptors (Lipinski definition) is 2. The lowest BCUT2D eigenvalue weighted by molar-refractivity contribution is 0.661. The van der Waals surface area contributed by atoms with Crippen molar-refractivity contribution in [1.82, 2.24) is 22.8 Å². The van der Waals surface area contributed by atoms with Crippen LogP contribution in [0.25, 0.3) is 223 Å². The molecule has 0 spiro atoms. The fourth-order valence-electron chi connectivity index (χ4n) is 21.0. The van der Waals surface area contributed by atoms with Gasteiger partial charge in [0.05, 0.1) is 38.6 Å². The molecule has 0 amide bonds. The van der Waals surface area contributed by atoms with E-state index < -0.39 is 0 Å². The van der Waals surface area contributed by atoms with Crippen molar-refractivity contribution in [1.29, 1.82) is 0 Å². The zero-order chi connectivity index (χ0) is 83.6. The van der Waals surface area contributed by atoms with E-state index in [0.29, 0.717) is 0 Å². The summed E-state index contributed by atoms with van der Waals surface area (Å²) < 4.78 is 20.6. The Bertz CT molecular complexity index is 8720. The molecule has 7 aromatic heterocycles. The molecule has 6 nitrogen and oxygen atoms in total. The first-order valence-electron chi connectivity index (χ1n) is 43.3. The molecule has 2 aliphatic carbocycles. The standard InChI is InChI=1S/C28H23N.C25H17NO.C25H17NS.C23H15N.C17H13N/c1-18-13-14-26-22(15-18)23-16-21-20-11-7-8-12-24(20)28(2,3)25(21)17-27(23)29(26)19-9-5-4-6-10-19;2*1-16-11-12-22-19(13-16)20-15-25-21(18-9-5-6-10-24(18)27-25)14-23(20)26(22)17-7-3-2-4-8-17;1-24-20-12-5-4-9-17(20)23-18-11-6-10-16-14-7-2-3-8-15(14)19(22(16)18)13-21(23)24;1-18-15-9-5-4-8-14(15)17-13-7-3-2-6-12(13)10-11-16(17)18/h4-17H,1-3H3;2*2-15H,1H3;2-13H,1H3;2-11H,1H3. The van der Waals surface area contributed by atoms with Crippen LogP contribution in [0.1, 0.15) is 41.7 Å². The first kappa shape index (κ1) is 73.6. The van der Waals surface area contributed by atoms with Gasteiger partial charge in [-0.1, -0.05) is 273 Å². The quantitative estimate of drug-likeness (QED) is 0.174. The molecule has 19 aromatic carbocycles. The van der Waals surface area contributed by atoms with E-state index in [4.69, 9.17) is 4.42 Å². The molecule has 0 radical (unpaired) electrons. The van der Waals surface area contributed by atoms with Crippen LogP contribution in [0, 0.1) is 20.8 Å². The topological polar surface area (TPSA) is 37.8 Å². The molecule has 0 unspecified atom stereocenters. The first-order chi connectivity index (χ1) is 61.3. The Kier molecular flexibility index (Phi) is 16.9. The minimum absolute atomic E-state index is 0.00794. The second-order valence-corrected chi connectivity index (χ2v) is 35.6. The van der Waals surface area contributed by atoms with E-state index in [1.54, 1.807) is 0 Å². The van der Waals surface area contributed by atoms with Gasteiger partial charge < -0.3 is 27.3 Å². The van der Waals surface area contributed by atoms with Gasteiger partial charge >= 0.3 is 0 Å². The maximum atomic E-state index is 6.15. The van der Waals surface area contributed by atoms with Crippen molar-refractivity contribution in [3.8, 4) is 50.4 Å². The van der Waals surface area contributed by atoms with Gasteiger partial charge in [-0.3, -0.25) is 0 Å². The summed E-state index contributed by atoms with van der Waals surface area (Å²) in [7, 11) is 4.31. The number of fused-ring (bicyclic) bond motifs is 30. The highest BCUT2D eigenvalue weighted by Crippen LogP contribution is 2.54. The van der Waals surface area contributed by atoms with Crippen molar-refractivity contribution in [3.05, 3.63) is 416 Å². The van der Waals surface area contributed by atoms with Gasteiger partial charge in [-0.2, -0.15) is 0 Å². The molecule has 0 aliphatic heterocycles. The van der Waals surface area contributed by atoms with Crippen molar-refractivity contribution in [2.24, 2.45) is 14.1 Å². The minimum atomic E-state index is 0.00794. The van der Waals surface area contributed by atoms with Gasteiger partial charge in [0.1, 0.15) is 11.2 Å². The van der Waals surface area contributed by atoms with Gasteiger partial charge in [0, 0.05) is 138 Å². The average molecular weight is 1620 g/mol. The minimum Gasteiger partial charge on any atom is -0.456 e. The maximum Gasteiger partial charge on any atom is 0.136 e. The third-order valence-corrected chi connectivity index (χ3v) is 28.0. The molecular weight excluding hydrogens is 1540 g/mol. The fourth-order valence-corrected chi connectivity index (χ4v) is 22.2. The molecule has 0 bridgehead atoms. The lowest BCUT2D eigenvalue weighted by atomic mass is 9.82. The number of para-hydroxylation sites is 6. The number of hydrogen-bond donors (Lipinski definition) is 0. The second kappa shape index (κ2) is 28.7. The smallest absolute Gasteiger partial charge is 0.136 e. The predicted octanol–water partition coefficient (Wildman–Crippen LogP) is 32.5. The van der Waals surface area contributed by atoms with Crippen LogP contribution < -0.4 is 0 Å². The molecule has 0 saturated carbocycles. The van der Waals surface area contributed by atoms with Crippen molar-refractivity contribution >= 4 is 184 Å². The molecule has 7 heteroatoms. The summed E-state index contributed by atoms with van der Waals surface area (Å²) in [6, 6.07) is 140. The second-order valence-electron chi connectivity index (χ2n) is 34.5. The van der Waals surface area contributed by atoms with Crippen LogP contribution in [0.5, 0.6) is 0 Å². The van der Waals surface area contributed by atoms with E-state index in [-0.39, 0.29) is 5.41 Å². The van der Waals surface area contributed by atoms with Crippen molar-refractivity contribution in [2.45, 2.75) is 40.0 Å². The number of thiophene rings is 1. The van der Waals surface area contributed by atoms with Gasteiger partial charge in [0.25, 0.3) is 0 Å². The van der Waals surface area contributed by atoms with Crippen LogP contribution in [0.3, 0.4) is 0 Å². The molecule has 7 heterocycles. The van der Waals surface area contributed by atoms with Crippen LogP contribution in [0.2, 0.25) is 0 Å². The van der Waals surface area contributed by atoms with E-state index in [1.807, 2.05) is 23.5 Å². The molecular formula is C118H85N5OS. The highest BCUT2D eigenvalue weighted by atomic mass is 32.1. The Morgan fingerprint density at radius 1 is 0.224 bits per heavy atom. The molecule has 0 atom stereocenters. The number of furan rings is 1. The van der Waals surface area contributed by atoms with Crippen LogP contribution >= 0.6 is 11.3 Å². The number of aromatic nitrogens is 5. The molecule has 0 N–H and O–H groups in total. The monoisotopic (exact) mass is 1620 g/mol. The lowest BCUT2D eigenvalue weighted by Gasteiger charge is -2.21. The Balaban J connectivity index is 0.0000000882. The summed E-state index contributed by atoms with van der Waals surface area (Å²) in [4.78, 5) is 0. The Morgan fingerprint density at radius 2 is 0.664 bits per heavy atom. The van der Waals surface area contributed by atoms with E-state index in [9.17, 15) is 0 Å². The van der Waals surface area contributed by atoms with E-state index in [0.717, 1.165) is 21.9 Å². The molecule has 2 aliphatic rings. The third kappa shape index (κ3) is 11.5. The van der Waals surface area contributed by atoms with Gasteiger partial charge in [-0.15, -0.1) is 11.3 Å². The Labute approximate surface area is 726 Å². The number of aryl methyl sites for hydroxylation is 5. The van der Waals surface area contributed by atoms with E-state index in [1.165, 1.54) is 229 Å². The van der Waals surface area contributed by atoms with Crippen molar-refractivity contribution in [3.63, 3.8) is 0 Å². The van der Waals surface area contributed by atoms with Crippen LogP contribution in [-0.2, 0) is 19.5 Å². The third-order valence-electron chi connectivity index (χ3n) is 26.9. The zero-order valence-corrected chi connectivity index (χ0v) is 71.3. The fraction of sp³-hybridized carbons (Fsp3) is 0.0678. The van der Waals surface area contributed by atoms with Crippen molar-refractivity contribution < 1.29 is 4.42 Å². The Hall–Kier alpha value is -15.3. The predicted molar refractivity (Wildman–Crippen MR) is 535 cm³/mol. The van der Waals surface area contributed by atoms with Crippen molar-refractivity contribution in [2.75, 3.05) is 0 Å². The lowest BCUT2D eigenvalue weighted by Crippen LogP contribution is -2.14. The van der Waals surface area contributed by atoms with Gasteiger partial charge in [0.2, 0.25) is 0 Å². The molecule has 594 valence electrons. The number of rotatable bonds is 3. The van der Waals surface area contributed by atoms with Crippen LogP contribution in [0.15, 0.2) is 393 Å². The number of nitrogens with zero attached hydrogens (tertiary/aromatic N) is 5. The first-order valence-corrected chi connectivity index (χ1v) is 44.1. The molecule has 28 rings (SSSR count). The highest BCUT2D eigenvalue weighted by Gasteiger charge is 2.36. The number of benzene rings is 19. The van der Waals surface area contributed by atoms with E-state index >= 15 is 0 Å². The normalized spacial score (nSPS) is 12.5. The summed E-state index contributed by atoms with van der Waals surface area (Å²) in [5, 5.41) is 23.7. The average Bonchev–Trinajstić information content (AvgIpc) is 1.57. The van der Waals surface area contributed by atoms with E-state index in [2.05, 4.69) is 448 Å². The zero-order valence-electron chi connectivity index (χ0n) is 70.5. The SMILES string of the molecule is Cc1ccc2c(c1)c1cc3c(cc1n2-c1ccccc1)C(C)(C)c1ccccc1-3.Cc1ccc2c(c1)c1cc3oc4ccccc4c3cc1n2-c1ccccc1.Cc1ccc2c(c1)c1cc3sc4ccccc4c3cc1n2-c1ccccc1.Cn1c2ccccc2c2c3cccc4c3c(cc21)-c1ccccc1-4.Cn1c2ccccc2c2c3ccccc3ccc21. The summed E-state index contributed by atoms with van der Waals surface area (Å²) in [5.41, 5.74) is 33.1. The largest absolute Gasteiger partial charge is 0.456 e.